The Hall–Kier alpha value is -1.81. The Morgan fingerprint density at radius 3 is 2.58 bits per heavy atom. The molecule has 4 heteroatoms. The molecule has 3 nitrogen and oxygen atoms in total. The lowest BCUT2D eigenvalue weighted by Gasteiger charge is -2.16. The first-order chi connectivity index (χ1) is 8.97. The Morgan fingerprint density at radius 2 is 2.00 bits per heavy atom. The number of furan rings is 1. The van der Waals surface area contributed by atoms with Gasteiger partial charge in [0.2, 0.25) is 0 Å². The Kier molecular flexibility index (Phi) is 3.90. The second kappa shape index (κ2) is 5.45. The maximum Gasteiger partial charge on any atom is 0.126 e. The van der Waals surface area contributed by atoms with Crippen LogP contribution in [0.2, 0.25) is 0 Å². The van der Waals surface area contributed by atoms with E-state index in [0.717, 1.165) is 28.3 Å². The van der Waals surface area contributed by atoms with E-state index in [1.54, 1.807) is 0 Å². The van der Waals surface area contributed by atoms with Crippen molar-refractivity contribution in [2.75, 3.05) is 5.32 Å². The molecule has 1 heterocycles. The van der Waals surface area contributed by atoms with E-state index in [9.17, 15) is 0 Å². The minimum Gasteiger partial charge on any atom is -0.464 e. The van der Waals surface area contributed by atoms with Crippen LogP contribution >= 0.6 is 12.2 Å². The number of thiocarbonyl (C=S) groups is 1. The topological polar surface area (TPSA) is 51.2 Å². The second-order valence-corrected chi connectivity index (χ2v) is 5.17. The van der Waals surface area contributed by atoms with Crippen molar-refractivity contribution < 1.29 is 4.42 Å². The lowest BCUT2D eigenvalue weighted by Crippen LogP contribution is -2.15. The third-order valence-electron chi connectivity index (χ3n) is 3.00. The molecule has 0 fully saturated rings. The van der Waals surface area contributed by atoms with Gasteiger partial charge < -0.3 is 15.5 Å². The number of nitrogens with one attached hydrogen (secondary N) is 1. The van der Waals surface area contributed by atoms with E-state index >= 15 is 0 Å². The van der Waals surface area contributed by atoms with Gasteiger partial charge in [-0.1, -0.05) is 23.8 Å². The zero-order valence-electron chi connectivity index (χ0n) is 11.4. The highest BCUT2D eigenvalue weighted by molar-refractivity contribution is 7.80. The van der Waals surface area contributed by atoms with Crippen LogP contribution in [-0.2, 0) is 0 Å². The molecule has 0 spiro atoms. The second-order valence-electron chi connectivity index (χ2n) is 4.73. The van der Waals surface area contributed by atoms with E-state index in [1.807, 2.05) is 51.1 Å². The first-order valence-corrected chi connectivity index (χ1v) is 6.61. The molecule has 3 N–H and O–H groups in total. The number of rotatable bonds is 4. The van der Waals surface area contributed by atoms with E-state index in [2.05, 4.69) is 5.32 Å². The highest BCUT2D eigenvalue weighted by Gasteiger charge is 2.12. The quantitative estimate of drug-likeness (QED) is 0.835. The fourth-order valence-electron chi connectivity index (χ4n) is 1.98. The Labute approximate surface area is 118 Å². The number of aryl methyl sites for hydroxylation is 2. The predicted octanol–water partition coefficient (Wildman–Crippen LogP) is 3.70. The van der Waals surface area contributed by atoms with Gasteiger partial charge in [0.25, 0.3) is 0 Å². The molecule has 1 aromatic carbocycles. The summed E-state index contributed by atoms with van der Waals surface area (Å²) in [7, 11) is 0. The standard InChI is InChI=1S/C15H18N2OS/c1-9-4-6-13(12(8-9)15(16)19)17-11(3)14-7-5-10(2)18-14/h4-8,11,17H,1-3H3,(H2,16,19). The highest BCUT2D eigenvalue weighted by atomic mass is 32.1. The Morgan fingerprint density at radius 1 is 1.26 bits per heavy atom. The summed E-state index contributed by atoms with van der Waals surface area (Å²) in [6.45, 7) is 5.99. The van der Waals surface area contributed by atoms with Crippen molar-refractivity contribution >= 4 is 22.9 Å². The summed E-state index contributed by atoms with van der Waals surface area (Å²) < 4.78 is 5.61. The molecule has 0 saturated carbocycles. The van der Waals surface area contributed by atoms with Crippen molar-refractivity contribution in [1.82, 2.24) is 0 Å². The molecule has 1 aromatic heterocycles. The molecule has 1 unspecified atom stereocenters. The lowest BCUT2D eigenvalue weighted by molar-refractivity contribution is 0.467. The van der Waals surface area contributed by atoms with Gasteiger partial charge in [-0.25, -0.2) is 0 Å². The molecule has 0 aliphatic carbocycles. The zero-order valence-corrected chi connectivity index (χ0v) is 12.2. The molecule has 0 bridgehead atoms. The molecule has 0 aliphatic rings. The Balaban J connectivity index is 2.26. The molecule has 0 radical (unpaired) electrons. The maximum absolute atomic E-state index is 5.77. The van der Waals surface area contributed by atoms with Crippen LogP contribution in [0.15, 0.2) is 34.7 Å². The normalized spacial score (nSPS) is 12.2. The average molecular weight is 274 g/mol. The van der Waals surface area contributed by atoms with E-state index in [0.29, 0.717) is 4.99 Å². The van der Waals surface area contributed by atoms with Crippen LogP contribution in [0.5, 0.6) is 0 Å². The van der Waals surface area contributed by atoms with Gasteiger partial charge in [0, 0.05) is 11.3 Å². The summed E-state index contributed by atoms with van der Waals surface area (Å²) in [6.07, 6.45) is 0. The molecule has 19 heavy (non-hydrogen) atoms. The highest BCUT2D eigenvalue weighted by Crippen LogP contribution is 2.24. The summed E-state index contributed by atoms with van der Waals surface area (Å²) >= 11 is 5.10. The fourth-order valence-corrected chi connectivity index (χ4v) is 2.15. The lowest BCUT2D eigenvalue weighted by atomic mass is 10.1. The number of hydrogen-bond donors (Lipinski definition) is 2. The summed E-state index contributed by atoms with van der Waals surface area (Å²) in [5, 5.41) is 3.39. The van der Waals surface area contributed by atoms with E-state index in [4.69, 9.17) is 22.4 Å². The van der Waals surface area contributed by atoms with Crippen LogP contribution in [0.3, 0.4) is 0 Å². The van der Waals surface area contributed by atoms with Gasteiger partial charge in [-0.3, -0.25) is 0 Å². The fraction of sp³-hybridized carbons (Fsp3) is 0.267. The largest absolute Gasteiger partial charge is 0.464 e. The van der Waals surface area contributed by atoms with E-state index in [-0.39, 0.29) is 6.04 Å². The molecule has 1 atom stereocenters. The predicted molar refractivity (Wildman–Crippen MR) is 82.5 cm³/mol. The van der Waals surface area contributed by atoms with Gasteiger partial charge >= 0.3 is 0 Å². The minimum atomic E-state index is 0.0597. The smallest absolute Gasteiger partial charge is 0.126 e. The molecule has 0 aliphatic heterocycles. The van der Waals surface area contributed by atoms with Gasteiger partial charge in [-0.05, 0) is 45.0 Å². The van der Waals surface area contributed by atoms with E-state index < -0.39 is 0 Å². The van der Waals surface area contributed by atoms with Crippen molar-refractivity contribution in [1.29, 1.82) is 0 Å². The third kappa shape index (κ3) is 3.15. The molecule has 0 amide bonds. The first-order valence-electron chi connectivity index (χ1n) is 6.20. The van der Waals surface area contributed by atoms with Crippen molar-refractivity contribution in [2.45, 2.75) is 26.8 Å². The number of nitrogens with two attached hydrogens (primary N) is 1. The van der Waals surface area contributed by atoms with Crippen LogP contribution < -0.4 is 11.1 Å². The van der Waals surface area contributed by atoms with Crippen molar-refractivity contribution in [2.24, 2.45) is 5.73 Å². The molecular weight excluding hydrogens is 256 g/mol. The van der Waals surface area contributed by atoms with Gasteiger partial charge in [0.15, 0.2) is 0 Å². The number of anilines is 1. The molecule has 2 aromatic rings. The first kappa shape index (κ1) is 13.6. The van der Waals surface area contributed by atoms with Gasteiger partial charge in [-0.2, -0.15) is 0 Å². The van der Waals surface area contributed by atoms with Gasteiger partial charge in [0.1, 0.15) is 16.5 Å². The summed E-state index contributed by atoms with van der Waals surface area (Å²) in [5.41, 5.74) is 8.70. The number of benzene rings is 1. The Bertz CT molecular complexity index is 604. The minimum absolute atomic E-state index is 0.0597. The summed E-state index contributed by atoms with van der Waals surface area (Å²) in [6, 6.07) is 10.0. The van der Waals surface area contributed by atoms with Crippen LogP contribution in [-0.4, -0.2) is 4.99 Å². The molecule has 100 valence electrons. The van der Waals surface area contributed by atoms with Gasteiger partial charge in [0.05, 0.1) is 6.04 Å². The van der Waals surface area contributed by atoms with Crippen LogP contribution in [0.25, 0.3) is 0 Å². The van der Waals surface area contributed by atoms with Crippen LogP contribution in [0.4, 0.5) is 5.69 Å². The summed E-state index contributed by atoms with van der Waals surface area (Å²) in [4.78, 5) is 0.397. The average Bonchev–Trinajstić information content (AvgIpc) is 2.78. The van der Waals surface area contributed by atoms with Crippen molar-refractivity contribution in [3.05, 3.63) is 53.0 Å². The van der Waals surface area contributed by atoms with Gasteiger partial charge in [-0.15, -0.1) is 0 Å². The zero-order chi connectivity index (χ0) is 14.0. The molecule has 0 saturated heterocycles. The third-order valence-corrected chi connectivity index (χ3v) is 3.22. The van der Waals surface area contributed by atoms with Crippen molar-refractivity contribution in [3.63, 3.8) is 0 Å². The van der Waals surface area contributed by atoms with Crippen molar-refractivity contribution in [3.8, 4) is 0 Å². The molecule has 2 rings (SSSR count). The molecular formula is C15H18N2OS. The number of hydrogen-bond acceptors (Lipinski definition) is 3. The monoisotopic (exact) mass is 274 g/mol. The van der Waals surface area contributed by atoms with Crippen LogP contribution in [0, 0.1) is 13.8 Å². The summed E-state index contributed by atoms with van der Waals surface area (Å²) in [5.74, 6) is 1.80. The van der Waals surface area contributed by atoms with E-state index in [1.165, 1.54) is 0 Å². The van der Waals surface area contributed by atoms with Crippen LogP contribution in [0.1, 0.15) is 35.6 Å². The maximum atomic E-state index is 5.77. The SMILES string of the molecule is Cc1ccc(NC(C)c2ccc(C)o2)c(C(N)=S)c1.